The number of likely N-dealkylation sites (N-methyl/N-ethyl adjacent to an activating group) is 2. The minimum absolute atomic E-state index is 0.0378. The Bertz CT molecular complexity index is 669. The number of nitro groups is 1. The summed E-state index contributed by atoms with van der Waals surface area (Å²) in [5, 5.41) is 14.2. The van der Waals surface area contributed by atoms with Crippen molar-refractivity contribution in [3.8, 4) is 0 Å². The van der Waals surface area contributed by atoms with E-state index in [0.717, 1.165) is 12.8 Å². The lowest BCUT2D eigenvalue weighted by Crippen LogP contribution is -2.39. The van der Waals surface area contributed by atoms with Crippen molar-refractivity contribution in [2.24, 2.45) is 0 Å². The number of hydrogen-bond acceptors (Lipinski definition) is 5. The van der Waals surface area contributed by atoms with Crippen LogP contribution >= 0.6 is 0 Å². The molecule has 25 heavy (non-hydrogen) atoms. The van der Waals surface area contributed by atoms with Crippen LogP contribution in [-0.4, -0.2) is 54.4 Å². The van der Waals surface area contributed by atoms with Crippen molar-refractivity contribution >= 4 is 23.2 Å². The number of carbonyl (C=O) groups is 2. The molecule has 136 valence electrons. The highest BCUT2D eigenvalue weighted by Gasteiger charge is 2.26. The summed E-state index contributed by atoms with van der Waals surface area (Å²) in [6.07, 6.45) is 1.89. The van der Waals surface area contributed by atoms with Gasteiger partial charge in [-0.15, -0.1) is 0 Å². The Labute approximate surface area is 146 Å². The third kappa shape index (κ3) is 4.68. The molecule has 1 aromatic rings. The molecular weight excluding hydrogens is 324 g/mol. The molecule has 0 heterocycles. The molecule has 1 aliphatic rings. The van der Waals surface area contributed by atoms with Crippen molar-refractivity contribution in [3.05, 3.63) is 33.9 Å². The second-order valence-electron chi connectivity index (χ2n) is 6.13. The van der Waals surface area contributed by atoms with Crippen molar-refractivity contribution in [1.82, 2.24) is 10.2 Å². The van der Waals surface area contributed by atoms with Crippen LogP contribution in [0.1, 0.15) is 37.0 Å². The molecule has 0 aromatic heterocycles. The van der Waals surface area contributed by atoms with E-state index in [1.165, 1.54) is 12.1 Å². The lowest BCUT2D eigenvalue weighted by atomic mass is 10.1. The molecule has 0 radical (unpaired) electrons. The number of nitro benzene ring substituents is 1. The zero-order valence-corrected chi connectivity index (χ0v) is 14.8. The lowest BCUT2D eigenvalue weighted by molar-refractivity contribution is -0.384. The van der Waals surface area contributed by atoms with Gasteiger partial charge in [0.2, 0.25) is 5.91 Å². The SMILES string of the molecule is CCN(CC)C(=O)CN(C)c1ccc(C(=O)NC2CC2)cc1[N+](=O)[O-]. The maximum Gasteiger partial charge on any atom is 0.293 e. The first-order chi connectivity index (χ1) is 11.9. The Morgan fingerprint density at radius 2 is 1.92 bits per heavy atom. The Balaban J connectivity index is 2.19. The van der Waals surface area contributed by atoms with E-state index in [1.807, 2.05) is 13.8 Å². The van der Waals surface area contributed by atoms with E-state index in [2.05, 4.69) is 5.32 Å². The van der Waals surface area contributed by atoms with Crippen LogP contribution in [-0.2, 0) is 4.79 Å². The molecule has 0 spiro atoms. The van der Waals surface area contributed by atoms with Gasteiger partial charge in [-0.25, -0.2) is 0 Å². The number of amides is 2. The summed E-state index contributed by atoms with van der Waals surface area (Å²) in [4.78, 5) is 38.4. The Morgan fingerprint density at radius 3 is 2.44 bits per heavy atom. The van der Waals surface area contributed by atoms with Gasteiger partial charge in [-0.05, 0) is 38.8 Å². The van der Waals surface area contributed by atoms with Crippen molar-refractivity contribution in [1.29, 1.82) is 0 Å². The average molecular weight is 348 g/mol. The van der Waals surface area contributed by atoms with Gasteiger partial charge < -0.3 is 15.1 Å². The Kier molecular flexibility index (Phi) is 5.95. The first-order valence-corrected chi connectivity index (χ1v) is 8.45. The number of nitrogens with one attached hydrogen (secondary N) is 1. The summed E-state index contributed by atoms with van der Waals surface area (Å²) in [7, 11) is 1.63. The van der Waals surface area contributed by atoms with Gasteiger partial charge >= 0.3 is 0 Å². The van der Waals surface area contributed by atoms with Crippen molar-refractivity contribution in [2.75, 3.05) is 31.6 Å². The summed E-state index contributed by atoms with van der Waals surface area (Å²) in [6, 6.07) is 4.53. The van der Waals surface area contributed by atoms with Gasteiger partial charge in [0.1, 0.15) is 5.69 Å². The van der Waals surface area contributed by atoms with Crippen LogP contribution in [0.15, 0.2) is 18.2 Å². The van der Waals surface area contributed by atoms with Crippen LogP contribution in [0.2, 0.25) is 0 Å². The first kappa shape index (κ1) is 18.7. The smallest absolute Gasteiger partial charge is 0.293 e. The van der Waals surface area contributed by atoms with E-state index in [-0.39, 0.29) is 35.7 Å². The van der Waals surface area contributed by atoms with E-state index >= 15 is 0 Å². The van der Waals surface area contributed by atoms with Crippen LogP contribution in [0.5, 0.6) is 0 Å². The average Bonchev–Trinajstić information content (AvgIpc) is 3.39. The summed E-state index contributed by atoms with van der Waals surface area (Å²) in [5.41, 5.74) is 0.387. The van der Waals surface area contributed by atoms with Crippen LogP contribution in [0.3, 0.4) is 0 Å². The maximum absolute atomic E-state index is 12.2. The number of anilines is 1. The van der Waals surface area contributed by atoms with Gasteiger partial charge in [-0.1, -0.05) is 0 Å². The summed E-state index contributed by atoms with van der Waals surface area (Å²) in [6.45, 7) is 4.99. The number of hydrogen-bond donors (Lipinski definition) is 1. The second-order valence-corrected chi connectivity index (χ2v) is 6.13. The van der Waals surface area contributed by atoms with E-state index in [4.69, 9.17) is 0 Å². The number of nitrogens with zero attached hydrogens (tertiary/aromatic N) is 3. The fourth-order valence-corrected chi connectivity index (χ4v) is 2.59. The first-order valence-electron chi connectivity index (χ1n) is 8.45. The summed E-state index contributed by atoms with van der Waals surface area (Å²) < 4.78 is 0. The van der Waals surface area contributed by atoms with Gasteiger partial charge in [0.05, 0.1) is 11.5 Å². The number of carbonyl (C=O) groups excluding carboxylic acids is 2. The van der Waals surface area contributed by atoms with Crippen LogP contribution < -0.4 is 10.2 Å². The fourth-order valence-electron chi connectivity index (χ4n) is 2.59. The third-order valence-corrected chi connectivity index (χ3v) is 4.25. The predicted molar refractivity (Wildman–Crippen MR) is 94.8 cm³/mol. The van der Waals surface area contributed by atoms with Crippen LogP contribution in [0.4, 0.5) is 11.4 Å². The normalized spacial score (nSPS) is 13.2. The molecular formula is C17H24N4O4. The number of benzene rings is 1. The number of rotatable bonds is 8. The molecule has 1 saturated carbocycles. The molecule has 2 amide bonds. The van der Waals surface area contributed by atoms with Crippen molar-refractivity contribution in [2.45, 2.75) is 32.7 Å². The molecule has 1 aromatic carbocycles. The van der Waals surface area contributed by atoms with E-state index in [9.17, 15) is 19.7 Å². The quantitative estimate of drug-likeness (QED) is 0.571. The van der Waals surface area contributed by atoms with Gasteiger partial charge in [0, 0.05) is 37.8 Å². The van der Waals surface area contributed by atoms with Gasteiger partial charge in [0.15, 0.2) is 0 Å². The largest absolute Gasteiger partial charge is 0.360 e. The highest BCUT2D eigenvalue weighted by Crippen LogP contribution is 2.29. The monoisotopic (exact) mass is 348 g/mol. The van der Waals surface area contributed by atoms with Gasteiger partial charge in [-0.3, -0.25) is 19.7 Å². The fraction of sp³-hybridized carbons (Fsp3) is 0.529. The topological polar surface area (TPSA) is 95.8 Å². The molecule has 0 unspecified atom stereocenters. The van der Waals surface area contributed by atoms with E-state index < -0.39 is 4.92 Å². The summed E-state index contributed by atoms with van der Waals surface area (Å²) in [5.74, 6) is -0.406. The molecule has 2 rings (SSSR count). The second kappa shape index (κ2) is 7.96. The predicted octanol–water partition coefficient (Wildman–Crippen LogP) is 1.79. The highest BCUT2D eigenvalue weighted by atomic mass is 16.6. The zero-order chi connectivity index (χ0) is 18.6. The van der Waals surface area contributed by atoms with Gasteiger partial charge in [0.25, 0.3) is 11.6 Å². The highest BCUT2D eigenvalue weighted by molar-refractivity contribution is 5.96. The van der Waals surface area contributed by atoms with E-state index in [0.29, 0.717) is 18.8 Å². The van der Waals surface area contributed by atoms with Crippen molar-refractivity contribution < 1.29 is 14.5 Å². The van der Waals surface area contributed by atoms with E-state index in [1.54, 1.807) is 22.9 Å². The molecule has 0 saturated heterocycles. The Hall–Kier alpha value is -2.64. The molecule has 1 aliphatic carbocycles. The molecule has 0 aliphatic heterocycles. The molecule has 8 heteroatoms. The zero-order valence-electron chi connectivity index (χ0n) is 14.8. The molecule has 0 bridgehead atoms. The Morgan fingerprint density at radius 1 is 1.28 bits per heavy atom. The standard InChI is InChI=1S/C17H24N4O4/c1-4-20(5-2)16(22)11-19(3)14-9-6-12(10-15(14)21(24)25)17(23)18-13-7-8-13/h6,9-10,13H,4-5,7-8,11H2,1-3H3,(H,18,23). The van der Waals surface area contributed by atoms with Crippen LogP contribution in [0.25, 0.3) is 0 Å². The lowest BCUT2D eigenvalue weighted by Gasteiger charge is -2.24. The molecule has 8 nitrogen and oxygen atoms in total. The third-order valence-electron chi connectivity index (χ3n) is 4.25. The van der Waals surface area contributed by atoms with Crippen molar-refractivity contribution in [3.63, 3.8) is 0 Å². The van der Waals surface area contributed by atoms with Crippen LogP contribution in [0, 0.1) is 10.1 Å². The molecule has 1 fully saturated rings. The summed E-state index contributed by atoms with van der Waals surface area (Å²) >= 11 is 0. The molecule has 0 atom stereocenters. The maximum atomic E-state index is 12.2. The molecule has 1 N–H and O–H groups in total. The van der Waals surface area contributed by atoms with Gasteiger partial charge in [-0.2, -0.15) is 0 Å². The minimum atomic E-state index is -0.526. The minimum Gasteiger partial charge on any atom is -0.360 e.